The first kappa shape index (κ1) is 16.3. The summed E-state index contributed by atoms with van der Waals surface area (Å²) in [5, 5.41) is 9.08. The third-order valence-corrected chi connectivity index (χ3v) is 1.91. The highest BCUT2D eigenvalue weighted by Gasteiger charge is 2.44. The molecule has 0 aromatic rings. The average Bonchev–Trinajstić information content (AvgIpc) is 2.22. The predicted molar refractivity (Wildman–Crippen MR) is 61.2 cm³/mol. The minimum Gasteiger partial charge on any atom is -0.478 e. The zero-order chi connectivity index (χ0) is 14.6. The van der Waals surface area contributed by atoms with Gasteiger partial charge >= 0.3 is 11.9 Å². The van der Waals surface area contributed by atoms with E-state index in [9.17, 15) is 14.4 Å². The molecule has 0 aliphatic rings. The molecule has 0 fully saturated rings. The molecule has 1 atom stereocenters. The molecule has 0 aromatic heterocycles. The lowest BCUT2D eigenvalue weighted by molar-refractivity contribution is -0.176. The van der Waals surface area contributed by atoms with E-state index in [4.69, 9.17) is 15.6 Å². The van der Waals surface area contributed by atoms with Crippen molar-refractivity contribution in [3.05, 3.63) is 5.57 Å². The number of methoxy groups -OCH3 is 1. The molecule has 0 saturated heterocycles. The van der Waals surface area contributed by atoms with E-state index < -0.39 is 35.3 Å². The Labute approximate surface area is 105 Å². The molecule has 7 heteroatoms. The van der Waals surface area contributed by atoms with Crippen molar-refractivity contribution >= 4 is 17.9 Å². The van der Waals surface area contributed by atoms with Gasteiger partial charge in [0.2, 0.25) is 5.72 Å². The van der Waals surface area contributed by atoms with E-state index in [2.05, 4.69) is 4.74 Å². The van der Waals surface area contributed by atoms with E-state index in [1.165, 1.54) is 5.94 Å². The zero-order valence-corrected chi connectivity index (χ0v) is 10.8. The summed E-state index contributed by atoms with van der Waals surface area (Å²) < 4.78 is 9.50. The number of hydrogen-bond donors (Lipinski definition) is 2. The van der Waals surface area contributed by atoms with Gasteiger partial charge in [0.25, 0.3) is 0 Å². The van der Waals surface area contributed by atoms with Gasteiger partial charge in [0.1, 0.15) is 5.94 Å². The van der Waals surface area contributed by atoms with Crippen molar-refractivity contribution in [3.63, 3.8) is 0 Å². The topological polar surface area (TPSA) is 116 Å². The normalized spacial score (nSPS) is 14.3. The Hall–Kier alpha value is -1.69. The average molecular weight is 259 g/mol. The lowest BCUT2D eigenvalue weighted by Crippen LogP contribution is -2.56. The monoisotopic (exact) mass is 259 g/mol. The minimum absolute atomic E-state index is 0.531. The SMILES string of the molecule is COC(=O)CC(=C=O)C(N)(OC(C)(C)C)C(=O)O. The van der Waals surface area contributed by atoms with Gasteiger partial charge in [-0.05, 0) is 20.8 Å². The second-order valence-corrected chi connectivity index (χ2v) is 4.59. The van der Waals surface area contributed by atoms with E-state index in [1.54, 1.807) is 20.8 Å². The molecule has 0 spiro atoms. The van der Waals surface area contributed by atoms with Gasteiger partial charge in [0.15, 0.2) is 0 Å². The number of nitrogens with two attached hydrogens (primary N) is 1. The van der Waals surface area contributed by atoms with Crippen molar-refractivity contribution < 1.29 is 29.0 Å². The molecule has 0 aromatic carbocycles. The molecular formula is C11H17NO6. The minimum atomic E-state index is -2.41. The molecule has 18 heavy (non-hydrogen) atoms. The maximum atomic E-state index is 11.2. The molecule has 0 aliphatic carbocycles. The van der Waals surface area contributed by atoms with Crippen molar-refractivity contribution in [2.45, 2.75) is 38.5 Å². The second-order valence-electron chi connectivity index (χ2n) is 4.59. The van der Waals surface area contributed by atoms with Crippen molar-refractivity contribution in [2.24, 2.45) is 5.73 Å². The number of ether oxygens (including phenoxy) is 2. The van der Waals surface area contributed by atoms with Gasteiger partial charge in [-0.1, -0.05) is 0 Å². The Kier molecular flexibility index (Phi) is 5.23. The predicted octanol–water partition coefficient (Wildman–Crippen LogP) is -0.138. The summed E-state index contributed by atoms with van der Waals surface area (Å²) in [6, 6.07) is 0. The number of carbonyl (C=O) groups is 2. The first-order valence-electron chi connectivity index (χ1n) is 5.10. The fraction of sp³-hybridized carbons (Fsp3) is 0.636. The van der Waals surface area contributed by atoms with Crippen molar-refractivity contribution in [2.75, 3.05) is 7.11 Å². The lowest BCUT2D eigenvalue weighted by Gasteiger charge is -2.32. The molecule has 7 nitrogen and oxygen atoms in total. The van der Waals surface area contributed by atoms with E-state index in [0.29, 0.717) is 0 Å². The van der Waals surface area contributed by atoms with Gasteiger partial charge < -0.3 is 14.6 Å². The molecule has 3 N–H and O–H groups in total. The standard InChI is InChI=1S/C11H17NO6/c1-10(2,3)18-11(12,9(15)16)7(6-13)5-8(14)17-4/h5,12H2,1-4H3,(H,15,16). The van der Waals surface area contributed by atoms with Crippen LogP contribution in [-0.4, -0.2) is 41.4 Å². The van der Waals surface area contributed by atoms with Crippen LogP contribution in [-0.2, 0) is 23.9 Å². The molecule has 0 aliphatic heterocycles. The summed E-state index contributed by atoms with van der Waals surface area (Å²) in [4.78, 5) is 33.1. The van der Waals surface area contributed by atoms with Crippen molar-refractivity contribution in [3.8, 4) is 0 Å². The van der Waals surface area contributed by atoms with Crippen molar-refractivity contribution in [1.82, 2.24) is 0 Å². The Bertz CT molecular complexity index is 391. The van der Waals surface area contributed by atoms with Gasteiger partial charge in [-0.25, -0.2) is 9.59 Å². The van der Waals surface area contributed by atoms with Crippen LogP contribution in [0.15, 0.2) is 5.57 Å². The highest BCUT2D eigenvalue weighted by Crippen LogP contribution is 2.24. The number of rotatable bonds is 5. The van der Waals surface area contributed by atoms with Crippen molar-refractivity contribution in [1.29, 1.82) is 0 Å². The Morgan fingerprint density at radius 1 is 1.33 bits per heavy atom. The van der Waals surface area contributed by atoms with Crippen LogP contribution in [0.1, 0.15) is 27.2 Å². The van der Waals surface area contributed by atoms with Gasteiger partial charge in [-0.3, -0.25) is 10.5 Å². The Morgan fingerprint density at radius 3 is 2.11 bits per heavy atom. The van der Waals surface area contributed by atoms with Crippen LogP contribution in [0.25, 0.3) is 0 Å². The number of hydrogen-bond acceptors (Lipinski definition) is 6. The molecule has 0 saturated carbocycles. The van der Waals surface area contributed by atoms with Gasteiger partial charge in [0, 0.05) is 0 Å². The Balaban J connectivity index is 5.38. The van der Waals surface area contributed by atoms with Gasteiger partial charge in [-0.2, -0.15) is 0 Å². The summed E-state index contributed by atoms with van der Waals surface area (Å²) >= 11 is 0. The molecular weight excluding hydrogens is 242 g/mol. The van der Waals surface area contributed by atoms with Crippen LogP contribution in [0.4, 0.5) is 0 Å². The molecule has 102 valence electrons. The molecule has 1 unspecified atom stereocenters. The number of esters is 1. The van der Waals surface area contributed by atoms with Crippen LogP contribution < -0.4 is 5.73 Å². The maximum Gasteiger partial charge on any atom is 0.356 e. The van der Waals surface area contributed by atoms with E-state index in [-0.39, 0.29) is 0 Å². The summed E-state index contributed by atoms with van der Waals surface area (Å²) in [5.74, 6) is -1.04. The maximum absolute atomic E-state index is 11.2. The number of carbonyl (C=O) groups excluding carboxylic acids is 2. The summed E-state index contributed by atoms with van der Waals surface area (Å²) in [6.07, 6.45) is -0.598. The highest BCUT2D eigenvalue weighted by atomic mass is 16.6. The molecule has 0 heterocycles. The second kappa shape index (κ2) is 5.77. The number of aliphatic carboxylic acids is 1. The van der Waals surface area contributed by atoms with Crippen LogP contribution in [0, 0.1) is 0 Å². The van der Waals surface area contributed by atoms with Crippen LogP contribution in [0.2, 0.25) is 0 Å². The quantitative estimate of drug-likeness (QED) is 0.401. The molecule has 0 radical (unpaired) electrons. The highest BCUT2D eigenvalue weighted by molar-refractivity contribution is 5.88. The first-order valence-corrected chi connectivity index (χ1v) is 5.10. The lowest BCUT2D eigenvalue weighted by atomic mass is 10.0. The van der Waals surface area contributed by atoms with Crippen LogP contribution >= 0.6 is 0 Å². The molecule has 0 rings (SSSR count). The van der Waals surface area contributed by atoms with E-state index in [0.717, 1.165) is 7.11 Å². The fourth-order valence-electron chi connectivity index (χ4n) is 1.18. The Morgan fingerprint density at radius 2 is 1.83 bits per heavy atom. The van der Waals surface area contributed by atoms with Crippen LogP contribution in [0.5, 0.6) is 0 Å². The third-order valence-electron chi connectivity index (χ3n) is 1.91. The smallest absolute Gasteiger partial charge is 0.356 e. The summed E-state index contributed by atoms with van der Waals surface area (Å²) in [7, 11) is 1.11. The molecule has 0 bridgehead atoms. The number of carboxylic acids is 1. The summed E-state index contributed by atoms with van der Waals surface area (Å²) in [6.45, 7) is 4.70. The summed E-state index contributed by atoms with van der Waals surface area (Å²) in [5.41, 5.74) is 1.69. The van der Waals surface area contributed by atoms with Gasteiger partial charge in [-0.15, -0.1) is 0 Å². The molecule has 0 amide bonds. The first-order chi connectivity index (χ1) is 8.06. The van der Waals surface area contributed by atoms with E-state index in [1.807, 2.05) is 0 Å². The van der Waals surface area contributed by atoms with E-state index >= 15 is 0 Å². The zero-order valence-electron chi connectivity index (χ0n) is 10.8. The van der Waals surface area contributed by atoms with Gasteiger partial charge in [0.05, 0.1) is 24.7 Å². The fourth-order valence-corrected chi connectivity index (χ4v) is 1.18. The third kappa shape index (κ3) is 4.29. The van der Waals surface area contributed by atoms with Crippen LogP contribution in [0.3, 0.4) is 0 Å². The number of carboxylic acid groups (broad SMARTS) is 1. The largest absolute Gasteiger partial charge is 0.478 e.